The topological polar surface area (TPSA) is 66.4 Å². The van der Waals surface area contributed by atoms with E-state index in [2.05, 4.69) is 12.2 Å². The highest BCUT2D eigenvalue weighted by atomic mass is 16.4. The lowest BCUT2D eigenvalue weighted by Crippen LogP contribution is -2.40. The number of nitrogens with one attached hydrogen (secondary N) is 1. The summed E-state index contributed by atoms with van der Waals surface area (Å²) in [4.78, 5) is 21.9. The van der Waals surface area contributed by atoms with Crippen LogP contribution in [0.3, 0.4) is 0 Å². The third kappa shape index (κ3) is 6.94. The van der Waals surface area contributed by atoms with Crippen molar-refractivity contribution in [1.82, 2.24) is 5.32 Å². The molecule has 0 rings (SSSR count). The van der Waals surface area contributed by atoms with Crippen molar-refractivity contribution in [2.24, 2.45) is 0 Å². The molecule has 0 fully saturated rings. The van der Waals surface area contributed by atoms with Crippen LogP contribution >= 0.6 is 0 Å². The number of hydrogen-bond donors (Lipinski definition) is 2. The predicted molar refractivity (Wildman–Crippen MR) is 58.6 cm³/mol. The van der Waals surface area contributed by atoms with Crippen LogP contribution in [0.1, 0.15) is 52.4 Å². The van der Waals surface area contributed by atoms with Gasteiger partial charge in [-0.3, -0.25) is 4.79 Å². The Morgan fingerprint density at radius 1 is 1.20 bits per heavy atom. The number of amides is 1. The van der Waals surface area contributed by atoms with Gasteiger partial charge in [0.1, 0.15) is 6.04 Å². The molecule has 0 aromatic rings. The van der Waals surface area contributed by atoms with E-state index in [0.717, 1.165) is 25.7 Å². The third-order valence-corrected chi connectivity index (χ3v) is 2.30. The molecule has 4 heteroatoms. The molecule has 0 saturated heterocycles. The standard InChI is InChI=1S/C11H21NO3/c1-3-5-6-7-8-10(13)12-9(4-2)11(14)15/h9H,3-8H2,1-2H3,(H,12,13)(H,14,15). The average molecular weight is 215 g/mol. The number of carboxylic acids is 1. The second-order valence-corrected chi connectivity index (χ2v) is 3.68. The van der Waals surface area contributed by atoms with E-state index in [1.807, 2.05) is 0 Å². The molecule has 1 amide bonds. The van der Waals surface area contributed by atoms with E-state index in [1.54, 1.807) is 6.92 Å². The lowest BCUT2D eigenvalue weighted by atomic mass is 10.1. The molecule has 0 spiro atoms. The molecule has 0 aliphatic rings. The zero-order valence-electron chi connectivity index (χ0n) is 9.58. The van der Waals surface area contributed by atoms with E-state index in [1.165, 1.54) is 0 Å². The fraction of sp³-hybridized carbons (Fsp3) is 0.818. The Labute approximate surface area is 91.1 Å². The quantitative estimate of drug-likeness (QED) is 0.608. The van der Waals surface area contributed by atoms with Gasteiger partial charge in [0, 0.05) is 6.42 Å². The molecule has 0 heterocycles. The lowest BCUT2D eigenvalue weighted by Gasteiger charge is -2.11. The highest BCUT2D eigenvalue weighted by Crippen LogP contribution is 2.02. The normalized spacial score (nSPS) is 12.1. The molecular formula is C11H21NO3. The van der Waals surface area contributed by atoms with Gasteiger partial charge in [0.15, 0.2) is 0 Å². The first kappa shape index (κ1) is 13.9. The number of hydrogen-bond acceptors (Lipinski definition) is 2. The molecule has 0 aromatic carbocycles. The van der Waals surface area contributed by atoms with E-state index in [0.29, 0.717) is 12.8 Å². The molecule has 0 aromatic heterocycles. The van der Waals surface area contributed by atoms with Crippen molar-refractivity contribution in [3.8, 4) is 0 Å². The van der Waals surface area contributed by atoms with Crippen LogP contribution in [0.2, 0.25) is 0 Å². The molecule has 1 atom stereocenters. The molecule has 0 aliphatic carbocycles. The Kier molecular flexibility index (Phi) is 7.68. The van der Waals surface area contributed by atoms with Gasteiger partial charge in [-0.15, -0.1) is 0 Å². The van der Waals surface area contributed by atoms with Crippen molar-refractivity contribution < 1.29 is 14.7 Å². The van der Waals surface area contributed by atoms with E-state index < -0.39 is 12.0 Å². The maximum atomic E-state index is 11.3. The second kappa shape index (κ2) is 8.26. The summed E-state index contributed by atoms with van der Waals surface area (Å²) in [5.41, 5.74) is 0. The molecule has 1 unspecified atom stereocenters. The van der Waals surface area contributed by atoms with Crippen LogP contribution in [-0.4, -0.2) is 23.0 Å². The zero-order valence-corrected chi connectivity index (χ0v) is 9.58. The first-order chi connectivity index (χ1) is 7.11. The highest BCUT2D eigenvalue weighted by molar-refractivity contribution is 5.83. The molecular weight excluding hydrogens is 194 g/mol. The Morgan fingerprint density at radius 3 is 2.33 bits per heavy atom. The molecule has 4 nitrogen and oxygen atoms in total. The largest absolute Gasteiger partial charge is 0.480 e. The van der Waals surface area contributed by atoms with E-state index in [-0.39, 0.29) is 5.91 Å². The Balaban J connectivity index is 3.67. The molecule has 88 valence electrons. The van der Waals surface area contributed by atoms with Crippen molar-refractivity contribution in [2.45, 2.75) is 58.4 Å². The molecule has 0 bridgehead atoms. The van der Waals surface area contributed by atoms with Crippen molar-refractivity contribution in [3.63, 3.8) is 0 Å². The van der Waals surface area contributed by atoms with Crippen LogP contribution in [0.15, 0.2) is 0 Å². The van der Waals surface area contributed by atoms with Crippen LogP contribution in [0.25, 0.3) is 0 Å². The van der Waals surface area contributed by atoms with Gasteiger partial charge in [0.05, 0.1) is 0 Å². The van der Waals surface area contributed by atoms with Gasteiger partial charge in [0.2, 0.25) is 5.91 Å². The van der Waals surface area contributed by atoms with Crippen molar-refractivity contribution in [2.75, 3.05) is 0 Å². The van der Waals surface area contributed by atoms with Gasteiger partial charge < -0.3 is 10.4 Å². The maximum Gasteiger partial charge on any atom is 0.326 e. The summed E-state index contributed by atoms with van der Waals surface area (Å²) in [6.45, 7) is 3.85. The van der Waals surface area contributed by atoms with E-state index in [9.17, 15) is 9.59 Å². The Hall–Kier alpha value is -1.06. The summed E-state index contributed by atoms with van der Waals surface area (Å²) >= 11 is 0. The number of carbonyl (C=O) groups excluding carboxylic acids is 1. The minimum absolute atomic E-state index is 0.152. The summed E-state index contributed by atoms with van der Waals surface area (Å²) < 4.78 is 0. The van der Waals surface area contributed by atoms with Gasteiger partial charge >= 0.3 is 5.97 Å². The Morgan fingerprint density at radius 2 is 1.87 bits per heavy atom. The lowest BCUT2D eigenvalue weighted by molar-refractivity contribution is -0.141. The Bertz CT molecular complexity index is 204. The first-order valence-electron chi connectivity index (χ1n) is 5.64. The number of unbranched alkanes of at least 4 members (excludes halogenated alkanes) is 3. The van der Waals surface area contributed by atoms with Crippen molar-refractivity contribution in [1.29, 1.82) is 0 Å². The minimum Gasteiger partial charge on any atom is -0.480 e. The summed E-state index contributed by atoms with van der Waals surface area (Å²) in [5, 5.41) is 11.2. The van der Waals surface area contributed by atoms with Gasteiger partial charge in [-0.05, 0) is 12.8 Å². The SMILES string of the molecule is CCCCCCC(=O)NC(CC)C(=O)O. The second-order valence-electron chi connectivity index (χ2n) is 3.68. The van der Waals surface area contributed by atoms with Crippen LogP contribution in [-0.2, 0) is 9.59 Å². The van der Waals surface area contributed by atoms with Crippen LogP contribution in [0.5, 0.6) is 0 Å². The summed E-state index contributed by atoms with van der Waals surface area (Å²) in [5.74, 6) is -1.11. The molecule has 0 saturated carbocycles. The smallest absolute Gasteiger partial charge is 0.326 e. The fourth-order valence-corrected chi connectivity index (χ4v) is 1.32. The average Bonchev–Trinajstić information content (AvgIpc) is 2.20. The zero-order chi connectivity index (χ0) is 11.7. The molecule has 15 heavy (non-hydrogen) atoms. The van der Waals surface area contributed by atoms with Crippen LogP contribution in [0.4, 0.5) is 0 Å². The highest BCUT2D eigenvalue weighted by Gasteiger charge is 2.16. The van der Waals surface area contributed by atoms with Gasteiger partial charge in [0.25, 0.3) is 0 Å². The van der Waals surface area contributed by atoms with Crippen molar-refractivity contribution >= 4 is 11.9 Å². The third-order valence-electron chi connectivity index (χ3n) is 2.30. The van der Waals surface area contributed by atoms with E-state index in [4.69, 9.17) is 5.11 Å². The maximum absolute atomic E-state index is 11.3. The monoisotopic (exact) mass is 215 g/mol. The molecule has 0 radical (unpaired) electrons. The van der Waals surface area contributed by atoms with Gasteiger partial charge in [-0.25, -0.2) is 4.79 Å². The van der Waals surface area contributed by atoms with Gasteiger partial charge in [-0.2, -0.15) is 0 Å². The molecule has 2 N–H and O–H groups in total. The van der Waals surface area contributed by atoms with Gasteiger partial charge in [-0.1, -0.05) is 33.1 Å². The van der Waals surface area contributed by atoms with Crippen LogP contribution in [0, 0.1) is 0 Å². The first-order valence-corrected chi connectivity index (χ1v) is 5.64. The molecule has 0 aliphatic heterocycles. The summed E-state index contributed by atoms with van der Waals surface area (Å²) in [6.07, 6.45) is 5.00. The van der Waals surface area contributed by atoms with Crippen molar-refractivity contribution in [3.05, 3.63) is 0 Å². The van der Waals surface area contributed by atoms with Crippen LogP contribution < -0.4 is 5.32 Å². The predicted octanol–water partition coefficient (Wildman–Crippen LogP) is 1.94. The van der Waals surface area contributed by atoms with E-state index >= 15 is 0 Å². The summed E-state index contributed by atoms with van der Waals surface area (Å²) in [6, 6.07) is -0.733. The minimum atomic E-state index is -0.959. The number of rotatable bonds is 8. The number of carboxylic acid groups (broad SMARTS) is 1. The number of aliphatic carboxylic acids is 1. The fourth-order valence-electron chi connectivity index (χ4n) is 1.32. The summed E-state index contributed by atoms with van der Waals surface area (Å²) in [7, 11) is 0. The number of carbonyl (C=O) groups is 2.